The predicted octanol–water partition coefficient (Wildman–Crippen LogP) is 3.62. The third-order valence-corrected chi connectivity index (χ3v) is 6.07. The quantitative estimate of drug-likeness (QED) is 0.663. The summed E-state index contributed by atoms with van der Waals surface area (Å²) in [4.78, 5) is 12.3. The average Bonchev–Trinajstić information content (AvgIpc) is 3.48. The number of nitrogens with zero attached hydrogens (tertiary/aromatic N) is 4. The number of methoxy groups -OCH3 is 1. The summed E-state index contributed by atoms with van der Waals surface area (Å²) < 4.78 is 11.3. The number of rotatable bonds is 5. The molecule has 2 atom stereocenters. The summed E-state index contributed by atoms with van der Waals surface area (Å²) in [5, 5.41) is 4.03. The lowest BCUT2D eigenvalue weighted by atomic mass is 10.0. The summed E-state index contributed by atoms with van der Waals surface area (Å²) in [5.41, 5.74) is 4.51. The molecule has 29 heavy (non-hydrogen) atoms. The van der Waals surface area contributed by atoms with Gasteiger partial charge in [-0.2, -0.15) is 0 Å². The molecule has 0 bridgehead atoms. The third-order valence-electron chi connectivity index (χ3n) is 6.07. The second-order valence-corrected chi connectivity index (χ2v) is 8.09. The molecule has 0 saturated carbocycles. The van der Waals surface area contributed by atoms with Crippen LogP contribution in [0.4, 0.5) is 5.82 Å². The van der Waals surface area contributed by atoms with Crippen molar-refractivity contribution in [3.05, 3.63) is 59.1 Å². The zero-order valence-electron chi connectivity index (χ0n) is 17.0. The number of fused-ring (bicyclic) bond motifs is 1. The molecule has 3 heterocycles. The molecule has 3 aromatic rings. The number of anilines is 1. The molecule has 6 heteroatoms. The fourth-order valence-corrected chi connectivity index (χ4v) is 4.64. The molecule has 6 nitrogen and oxygen atoms in total. The van der Waals surface area contributed by atoms with Crippen LogP contribution in [0.1, 0.15) is 29.1 Å². The van der Waals surface area contributed by atoms with Crippen LogP contribution in [0.15, 0.2) is 40.9 Å². The van der Waals surface area contributed by atoms with Gasteiger partial charge in [-0.15, -0.1) is 0 Å². The molecule has 0 amide bonds. The van der Waals surface area contributed by atoms with Gasteiger partial charge in [0.1, 0.15) is 11.6 Å². The number of hydrogen-bond acceptors (Lipinski definition) is 6. The highest BCUT2D eigenvalue weighted by molar-refractivity contribution is 5.62. The van der Waals surface area contributed by atoms with Crippen molar-refractivity contribution in [3.63, 3.8) is 0 Å². The van der Waals surface area contributed by atoms with Crippen LogP contribution >= 0.6 is 0 Å². The molecule has 0 unspecified atom stereocenters. The van der Waals surface area contributed by atoms with E-state index >= 15 is 0 Å². The number of ether oxygens (including phenoxy) is 1. The molecule has 150 valence electrons. The van der Waals surface area contributed by atoms with E-state index in [-0.39, 0.29) is 6.10 Å². The van der Waals surface area contributed by atoms with E-state index in [2.05, 4.69) is 22.2 Å². The highest BCUT2D eigenvalue weighted by atomic mass is 16.5. The summed E-state index contributed by atoms with van der Waals surface area (Å²) in [7, 11) is 1.80. The normalized spacial score (nSPS) is 21.0. The maximum absolute atomic E-state index is 5.84. The molecule has 0 spiro atoms. The van der Waals surface area contributed by atoms with Crippen molar-refractivity contribution in [3.8, 4) is 11.4 Å². The van der Waals surface area contributed by atoms with Crippen molar-refractivity contribution in [1.82, 2.24) is 15.1 Å². The molecule has 0 N–H and O–H groups in total. The molecule has 0 radical (unpaired) electrons. The second kappa shape index (κ2) is 7.59. The van der Waals surface area contributed by atoms with Crippen molar-refractivity contribution in [1.29, 1.82) is 0 Å². The van der Waals surface area contributed by atoms with Crippen molar-refractivity contribution >= 4 is 5.82 Å². The summed E-state index contributed by atoms with van der Waals surface area (Å²) in [5.74, 6) is 3.18. The van der Waals surface area contributed by atoms with Crippen LogP contribution in [0.5, 0.6) is 0 Å². The maximum atomic E-state index is 5.84. The lowest BCUT2D eigenvalue weighted by molar-refractivity contribution is 0.0812. The highest BCUT2D eigenvalue weighted by Gasteiger charge is 2.36. The Bertz CT molecular complexity index is 1000. The van der Waals surface area contributed by atoms with Crippen LogP contribution in [-0.4, -0.2) is 41.4 Å². The van der Waals surface area contributed by atoms with E-state index in [0.29, 0.717) is 5.92 Å². The lowest BCUT2D eigenvalue weighted by Crippen LogP contribution is -2.25. The first-order valence-corrected chi connectivity index (χ1v) is 10.4. The van der Waals surface area contributed by atoms with Gasteiger partial charge in [-0.05, 0) is 26.2 Å². The molecule has 5 rings (SSSR count). The molecule has 1 aliphatic heterocycles. The van der Waals surface area contributed by atoms with Crippen molar-refractivity contribution in [2.24, 2.45) is 5.92 Å². The minimum atomic E-state index is 0.146. The Morgan fingerprint density at radius 2 is 2.00 bits per heavy atom. The summed E-state index contributed by atoms with van der Waals surface area (Å²) >= 11 is 0. The maximum Gasteiger partial charge on any atom is 0.161 e. The van der Waals surface area contributed by atoms with E-state index in [0.717, 1.165) is 67.4 Å². The third kappa shape index (κ3) is 3.53. The van der Waals surface area contributed by atoms with E-state index < -0.39 is 0 Å². The Morgan fingerprint density at radius 3 is 2.76 bits per heavy atom. The minimum Gasteiger partial charge on any atom is -0.379 e. The zero-order valence-corrected chi connectivity index (χ0v) is 17.0. The Hall–Kier alpha value is -2.73. The van der Waals surface area contributed by atoms with Gasteiger partial charge in [-0.3, -0.25) is 0 Å². The Kier molecular flexibility index (Phi) is 4.79. The van der Waals surface area contributed by atoms with Crippen LogP contribution in [0, 0.1) is 12.8 Å². The topological polar surface area (TPSA) is 64.3 Å². The molecule has 1 fully saturated rings. The lowest BCUT2D eigenvalue weighted by Gasteiger charge is -2.21. The fourth-order valence-electron chi connectivity index (χ4n) is 4.64. The first-order chi connectivity index (χ1) is 14.2. The van der Waals surface area contributed by atoms with Crippen LogP contribution in [0.3, 0.4) is 0 Å². The van der Waals surface area contributed by atoms with E-state index in [4.69, 9.17) is 19.2 Å². The Balaban J connectivity index is 1.46. The molecule has 1 aromatic carbocycles. The minimum absolute atomic E-state index is 0.146. The van der Waals surface area contributed by atoms with Crippen molar-refractivity contribution in [2.45, 2.75) is 38.7 Å². The Labute approximate surface area is 170 Å². The molecule has 2 aromatic heterocycles. The largest absolute Gasteiger partial charge is 0.379 e. The Morgan fingerprint density at radius 1 is 1.14 bits per heavy atom. The van der Waals surface area contributed by atoms with Gasteiger partial charge in [-0.25, -0.2) is 9.97 Å². The van der Waals surface area contributed by atoms with Gasteiger partial charge in [0.25, 0.3) is 0 Å². The summed E-state index contributed by atoms with van der Waals surface area (Å²) in [6.07, 6.45) is 4.21. The number of aryl methyl sites for hydroxylation is 2. The number of benzene rings is 1. The number of aromatic nitrogens is 3. The first-order valence-electron chi connectivity index (χ1n) is 10.4. The first kappa shape index (κ1) is 18.3. The van der Waals surface area contributed by atoms with E-state index in [1.807, 2.05) is 31.2 Å². The molecule has 1 aliphatic carbocycles. The highest BCUT2D eigenvalue weighted by Crippen LogP contribution is 2.35. The molecule has 1 saturated heterocycles. The van der Waals surface area contributed by atoms with Gasteiger partial charge >= 0.3 is 0 Å². The van der Waals surface area contributed by atoms with Crippen LogP contribution in [0.25, 0.3) is 11.4 Å². The summed E-state index contributed by atoms with van der Waals surface area (Å²) in [6, 6.07) is 12.3. The van der Waals surface area contributed by atoms with Gasteiger partial charge in [0.15, 0.2) is 5.82 Å². The molecule has 2 aliphatic rings. The van der Waals surface area contributed by atoms with Gasteiger partial charge < -0.3 is 14.2 Å². The monoisotopic (exact) mass is 390 g/mol. The standard InChI is InChI=1S/C23H26N4O2/c1-15-11-18(29-26-15)12-17-13-27(14-21(17)28-2)23-19-9-6-10-20(19)24-22(25-23)16-7-4-3-5-8-16/h3-5,7-8,11,17,21H,6,9-10,12-14H2,1-2H3/t17-,21+/m1/s1. The van der Waals surface area contributed by atoms with Crippen molar-refractivity contribution < 1.29 is 9.26 Å². The SMILES string of the molecule is CO[C@H]1CN(c2nc(-c3ccccc3)nc3c2CCC3)C[C@H]1Cc1cc(C)no1. The van der Waals surface area contributed by atoms with Crippen LogP contribution < -0.4 is 4.90 Å². The van der Waals surface area contributed by atoms with E-state index in [9.17, 15) is 0 Å². The van der Waals surface area contributed by atoms with E-state index in [1.165, 1.54) is 11.3 Å². The smallest absolute Gasteiger partial charge is 0.161 e. The molecular weight excluding hydrogens is 364 g/mol. The number of hydrogen-bond donors (Lipinski definition) is 0. The average molecular weight is 390 g/mol. The second-order valence-electron chi connectivity index (χ2n) is 8.09. The van der Waals surface area contributed by atoms with Crippen molar-refractivity contribution in [2.75, 3.05) is 25.1 Å². The predicted molar refractivity (Wildman–Crippen MR) is 111 cm³/mol. The van der Waals surface area contributed by atoms with Gasteiger partial charge in [0.05, 0.1) is 11.8 Å². The van der Waals surface area contributed by atoms with Crippen LogP contribution in [0.2, 0.25) is 0 Å². The zero-order chi connectivity index (χ0) is 19.8. The fraction of sp³-hybridized carbons (Fsp3) is 0.435. The van der Waals surface area contributed by atoms with Crippen LogP contribution in [-0.2, 0) is 24.0 Å². The summed E-state index contributed by atoms with van der Waals surface area (Å²) in [6.45, 7) is 3.69. The van der Waals surface area contributed by atoms with Gasteiger partial charge in [0, 0.05) is 55.4 Å². The molecular formula is C23H26N4O2. The van der Waals surface area contributed by atoms with Gasteiger partial charge in [-0.1, -0.05) is 35.5 Å². The van der Waals surface area contributed by atoms with Gasteiger partial charge in [0.2, 0.25) is 0 Å². The van der Waals surface area contributed by atoms with E-state index in [1.54, 1.807) is 7.11 Å².